The third-order valence-corrected chi connectivity index (χ3v) is 5.16. The highest BCUT2D eigenvalue weighted by Gasteiger charge is 2.27. The van der Waals surface area contributed by atoms with Crippen LogP contribution in [0.1, 0.15) is 26.3 Å². The van der Waals surface area contributed by atoms with Crippen LogP contribution in [0.5, 0.6) is 5.75 Å². The van der Waals surface area contributed by atoms with E-state index in [2.05, 4.69) is 10.2 Å². The van der Waals surface area contributed by atoms with Crippen molar-refractivity contribution < 1.29 is 13.9 Å². The van der Waals surface area contributed by atoms with Gasteiger partial charge in [-0.05, 0) is 50.6 Å². The lowest BCUT2D eigenvalue weighted by Crippen LogP contribution is -2.45. The molecular formula is C22H25N3O3S. The molecule has 1 amide bonds. The highest BCUT2D eigenvalue weighted by molar-refractivity contribution is 7.99. The third-order valence-electron chi connectivity index (χ3n) is 4.36. The number of carbonyl (C=O) groups excluding carboxylic acids is 1. The van der Waals surface area contributed by atoms with Gasteiger partial charge >= 0.3 is 0 Å². The monoisotopic (exact) mass is 411 g/mol. The first-order valence-corrected chi connectivity index (χ1v) is 10.3. The maximum atomic E-state index is 12.9. The number of amides is 1. The molecule has 3 aromatic rings. The molecule has 0 saturated heterocycles. The van der Waals surface area contributed by atoms with Gasteiger partial charge in [-0.2, -0.15) is 0 Å². The van der Waals surface area contributed by atoms with Gasteiger partial charge < -0.3 is 14.1 Å². The van der Waals surface area contributed by atoms with E-state index in [1.807, 2.05) is 80.3 Å². The number of benzene rings is 2. The molecule has 3 rings (SSSR count). The van der Waals surface area contributed by atoms with Gasteiger partial charge in [-0.1, -0.05) is 42.1 Å². The van der Waals surface area contributed by atoms with Gasteiger partial charge in [-0.3, -0.25) is 4.79 Å². The van der Waals surface area contributed by atoms with E-state index in [1.165, 1.54) is 11.8 Å². The van der Waals surface area contributed by atoms with Crippen LogP contribution in [0.15, 0.2) is 64.2 Å². The Morgan fingerprint density at radius 1 is 1.07 bits per heavy atom. The van der Waals surface area contributed by atoms with Crippen molar-refractivity contribution >= 4 is 17.7 Å². The van der Waals surface area contributed by atoms with Gasteiger partial charge in [0.15, 0.2) is 0 Å². The molecule has 2 aromatic carbocycles. The molecule has 152 valence electrons. The molecule has 0 aliphatic rings. The minimum absolute atomic E-state index is 0.0237. The van der Waals surface area contributed by atoms with Crippen LogP contribution in [0.2, 0.25) is 0 Å². The number of nitrogens with zero attached hydrogens (tertiary/aromatic N) is 3. The van der Waals surface area contributed by atoms with Crippen molar-refractivity contribution in [2.75, 3.05) is 12.9 Å². The van der Waals surface area contributed by atoms with Crippen LogP contribution in [0.4, 0.5) is 0 Å². The number of rotatable bonds is 7. The summed E-state index contributed by atoms with van der Waals surface area (Å²) < 4.78 is 10.9. The number of hydrogen-bond acceptors (Lipinski definition) is 6. The van der Waals surface area contributed by atoms with Crippen molar-refractivity contribution in [2.45, 2.75) is 38.1 Å². The molecule has 6 nitrogen and oxygen atoms in total. The summed E-state index contributed by atoms with van der Waals surface area (Å²) in [5.41, 5.74) is 1.61. The van der Waals surface area contributed by atoms with Crippen LogP contribution in [0.25, 0.3) is 11.5 Å². The van der Waals surface area contributed by atoms with Crippen LogP contribution in [-0.2, 0) is 11.3 Å². The van der Waals surface area contributed by atoms with Crippen LogP contribution in [0, 0.1) is 0 Å². The second-order valence-corrected chi connectivity index (χ2v) is 8.45. The minimum atomic E-state index is -0.295. The maximum absolute atomic E-state index is 12.9. The topological polar surface area (TPSA) is 68.5 Å². The van der Waals surface area contributed by atoms with E-state index in [0.717, 1.165) is 16.9 Å². The molecule has 0 aliphatic heterocycles. The predicted molar refractivity (Wildman–Crippen MR) is 114 cm³/mol. The Morgan fingerprint density at radius 2 is 1.76 bits per heavy atom. The second kappa shape index (κ2) is 9.13. The Hall–Kier alpha value is -2.80. The lowest BCUT2D eigenvalue weighted by Gasteiger charge is -2.35. The molecule has 29 heavy (non-hydrogen) atoms. The van der Waals surface area contributed by atoms with E-state index in [4.69, 9.17) is 9.15 Å². The number of hydrogen-bond donors (Lipinski definition) is 0. The summed E-state index contributed by atoms with van der Waals surface area (Å²) in [7, 11) is 1.62. The fourth-order valence-corrected chi connectivity index (χ4v) is 3.42. The third kappa shape index (κ3) is 5.60. The highest BCUT2D eigenvalue weighted by atomic mass is 32.2. The highest BCUT2D eigenvalue weighted by Crippen LogP contribution is 2.26. The summed E-state index contributed by atoms with van der Waals surface area (Å²) in [4.78, 5) is 14.8. The average molecular weight is 412 g/mol. The summed E-state index contributed by atoms with van der Waals surface area (Å²) in [6.07, 6.45) is 0. The van der Waals surface area contributed by atoms with E-state index in [1.54, 1.807) is 7.11 Å². The fourth-order valence-electron chi connectivity index (χ4n) is 2.79. The zero-order valence-corrected chi connectivity index (χ0v) is 17.9. The van der Waals surface area contributed by atoms with Crippen molar-refractivity contribution in [3.63, 3.8) is 0 Å². The van der Waals surface area contributed by atoms with Gasteiger partial charge in [-0.15, -0.1) is 10.2 Å². The van der Waals surface area contributed by atoms with Crippen molar-refractivity contribution in [2.24, 2.45) is 0 Å². The standard InChI is InChI=1S/C22H25N3O3S/c1-22(2,3)25(14-16-8-6-5-7-9-16)19(26)15-29-21-24-23-20(28-21)17-10-12-18(27-4)13-11-17/h5-13H,14-15H2,1-4H3. The predicted octanol–water partition coefficient (Wildman–Crippen LogP) is 4.66. The summed E-state index contributed by atoms with van der Waals surface area (Å²) in [6, 6.07) is 17.4. The first-order valence-electron chi connectivity index (χ1n) is 9.32. The van der Waals surface area contributed by atoms with Crippen molar-refractivity contribution in [1.82, 2.24) is 15.1 Å². The lowest BCUT2D eigenvalue weighted by molar-refractivity contribution is -0.133. The van der Waals surface area contributed by atoms with Crippen LogP contribution < -0.4 is 4.74 Å². The van der Waals surface area contributed by atoms with Crippen LogP contribution >= 0.6 is 11.8 Å². The molecular weight excluding hydrogens is 386 g/mol. The zero-order chi connectivity index (χ0) is 20.9. The molecule has 0 radical (unpaired) electrons. The number of methoxy groups -OCH3 is 1. The van der Waals surface area contributed by atoms with E-state index < -0.39 is 0 Å². The summed E-state index contributed by atoms with van der Waals surface area (Å²) >= 11 is 1.25. The molecule has 1 aromatic heterocycles. The van der Waals surface area contributed by atoms with Gasteiger partial charge in [0.05, 0.1) is 12.9 Å². The van der Waals surface area contributed by atoms with Crippen molar-refractivity contribution in [3.8, 4) is 17.2 Å². The number of ether oxygens (including phenoxy) is 1. The quantitative estimate of drug-likeness (QED) is 0.527. The van der Waals surface area contributed by atoms with Gasteiger partial charge in [0.2, 0.25) is 11.8 Å². The Morgan fingerprint density at radius 3 is 2.38 bits per heavy atom. The minimum Gasteiger partial charge on any atom is -0.497 e. The normalized spacial score (nSPS) is 11.3. The van der Waals surface area contributed by atoms with E-state index in [0.29, 0.717) is 17.7 Å². The number of thioether (sulfide) groups is 1. The molecule has 0 spiro atoms. The number of aromatic nitrogens is 2. The molecule has 0 saturated carbocycles. The lowest BCUT2D eigenvalue weighted by atomic mass is 10.0. The van der Waals surface area contributed by atoms with Crippen molar-refractivity contribution in [1.29, 1.82) is 0 Å². The molecule has 0 bridgehead atoms. The Balaban J connectivity index is 1.64. The van der Waals surface area contributed by atoms with E-state index in [-0.39, 0.29) is 17.2 Å². The molecule has 0 aliphatic carbocycles. The molecule has 1 heterocycles. The first kappa shape index (κ1) is 20.9. The Bertz CT molecular complexity index is 934. The van der Waals surface area contributed by atoms with Gasteiger partial charge in [0.25, 0.3) is 5.22 Å². The van der Waals surface area contributed by atoms with Crippen molar-refractivity contribution in [3.05, 3.63) is 60.2 Å². The van der Waals surface area contributed by atoms with E-state index in [9.17, 15) is 4.79 Å². The van der Waals surface area contributed by atoms with Gasteiger partial charge in [0, 0.05) is 17.6 Å². The molecule has 7 heteroatoms. The average Bonchev–Trinajstić information content (AvgIpc) is 3.19. The Labute approximate surface area is 175 Å². The molecule has 0 atom stereocenters. The van der Waals surface area contributed by atoms with Crippen LogP contribution in [-0.4, -0.2) is 39.4 Å². The zero-order valence-electron chi connectivity index (χ0n) is 17.1. The van der Waals surface area contributed by atoms with Gasteiger partial charge in [0.1, 0.15) is 5.75 Å². The first-order chi connectivity index (χ1) is 13.9. The fraction of sp³-hybridized carbons (Fsp3) is 0.318. The smallest absolute Gasteiger partial charge is 0.277 e. The largest absolute Gasteiger partial charge is 0.497 e. The SMILES string of the molecule is COc1ccc(-c2nnc(SCC(=O)N(Cc3ccccc3)C(C)(C)C)o2)cc1. The summed E-state index contributed by atoms with van der Waals surface area (Å²) in [5, 5.41) is 8.51. The van der Waals surface area contributed by atoms with Gasteiger partial charge in [-0.25, -0.2) is 0 Å². The molecule has 0 fully saturated rings. The summed E-state index contributed by atoms with van der Waals surface area (Å²) in [5.74, 6) is 1.43. The Kier molecular flexibility index (Phi) is 6.59. The number of carbonyl (C=O) groups is 1. The summed E-state index contributed by atoms with van der Waals surface area (Å²) in [6.45, 7) is 6.66. The molecule has 0 unspecified atom stereocenters. The van der Waals surface area contributed by atoms with E-state index >= 15 is 0 Å². The van der Waals surface area contributed by atoms with Crippen LogP contribution in [0.3, 0.4) is 0 Å². The maximum Gasteiger partial charge on any atom is 0.277 e. The second-order valence-electron chi connectivity index (χ2n) is 7.53. The molecule has 0 N–H and O–H groups in total.